The summed E-state index contributed by atoms with van der Waals surface area (Å²) in [7, 11) is 0. The molecule has 0 aliphatic heterocycles. The van der Waals surface area contributed by atoms with Crippen molar-refractivity contribution in [2.45, 2.75) is 6.92 Å². The highest BCUT2D eigenvalue weighted by Gasteiger charge is 2.07. The summed E-state index contributed by atoms with van der Waals surface area (Å²) >= 11 is 3.48. The van der Waals surface area contributed by atoms with Gasteiger partial charge in [-0.15, -0.1) is 0 Å². The summed E-state index contributed by atoms with van der Waals surface area (Å²) in [6.45, 7) is 1.89. The Hall–Kier alpha value is -3.05. The van der Waals surface area contributed by atoms with E-state index < -0.39 is 5.97 Å². The van der Waals surface area contributed by atoms with Crippen LogP contribution in [0, 0.1) is 6.92 Å². The monoisotopic (exact) mass is 452 g/mol. The third-order valence-electron chi connectivity index (χ3n) is 4.28. The molecule has 3 aromatic carbocycles. The molecule has 0 amide bonds. The highest BCUT2D eigenvalue weighted by Crippen LogP contribution is 2.26. The number of carbonyl (C=O) groups is 1. The minimum atomic E-state index is -1.00. The topological polar surface area (TPSA) is 55.8 Å². The van der Waals surface area contributed by atoms with Crippen molar-refractivity contribution in [2.75, 3.05) is 13.2 Å². The van der Waals surface area contributed by atoms with E-state index in [2.05, 4.69) is 46.3 Å². The van der Waals surface area contributed by atoms with Crippen molar-refractivity contribution in [3.05, 3.63) is 100 Å². The van der Waals surface area contributed by atoms with Crippen LogP contribution in [0.5, 0.6) is 11.5 Å². The van der Waals surface area contributed by atoms with Gasteiger partial charge in [-0.1, -0.05) is 58.4 Å². The summed E-state index contributed by atoms with van der Waals surface area (Å²) in [5, 5.41) is 8.73. The molecule has 0 atom stereocenters. The minimum absolute atomic E-state index is 0.364. The van der Waals surface area contributed by atoms with Crippen LogP contribution in [-0.2, 0) is 4.79 Å². The Labute approximate surface area is 178 Å². The van der Waals surface area contributed by atoms with Gasteiger partial charge in [-0.25, -0.2) is 4.79 Å². The number of aliphatic carboxylic acids is 1. The van der Waals surface area contributed by atoms with Crippen LogP contribution >= 0.6 is 15.9 Å². The van der Waals surface area contributed by atoms with Gasteiger partial charge in [-0.2, -0.15) is 0 Å². The van der Waals surface area contributed by atoms with Crippen LogP contribution in [0.4, 0.5) is 0 Å². The minimum Gasteiger partial charge on any atom is -0.489 e. The standard InChI is InChI=1S/C24H21BrO4/c1-17-15-21(11-12-23(17)29-16-24(26)27)28-14-13-22(18-5-3-2-4-6-18)19-7-9-20(25)10-8-19/h2-13,15H,14,16H2,1H3,(H,26,27)/b22-13+. The molecule has 3 rings (SSSR count). The second-order valence-electron chi connectivity index (χ2n) is 6.41. The van der Waals surface area contributed by atoms with E-state index in [1.807, 2.05) is 43.3 Å². The normalized spacial score (nSPS) is 11.2. The number of benzene rings is 3. The van der Waals surface area contributed by atoms with E-state index in [9.17, 15) is 4.79 Å². The number of ether oxygens (including phenoxy) is 2. The highest BCUT2D eigenvalue weighted by atomic mass is 79.9. The zero-order valence-electron chi connectivity index (χ0n) is 16.0. The lowest BCUT2D eigenvalue weighted by atomic mass is 9.98. The summed E-state index contributed by atoms with van der Waals surface area (Å²) < 4.78 is 12.2. The molecule has 0 aliphatic carbocycles. The van der Waals surface area contributed by atoms with Crippen LogP contribution in [0.25, 0.3) is 5.57 Å². The number of hydrogen-bond acceptors (Lipinski definition) is 3. The smallest absolute Gasteiger partial charge is 0.341 e. The van der Waals surface area contributed by atoms with Crippen LogP contribution < -0.4 is 9.47 Å². The average Bonchev–Trinajstić information content (AvgIpc) is 2.72. The van der Waals surface area contributed by atoms with E-state index >= 15 is 0 Å². The van der Waals surface area contributed by atoms with Gasteiger partial charge in [0.15, 0.2) is 6.61 Å². The Morgan fingerprint density at radius 2 is 1.66 bits per heavy atom. The van der Waals surface area contributed by atoms with E-state index in [1.54, 1.807) is 12.1 Å². The third kappa shape index (κ3) is 5.96. The Kier molecular flexibility index (Phi) is 7.09. The Morgan fingerprint density at radius 3 is 2.31 bits per heavy atom. The van der Waals surface area contributed by atoms with Gasteiger partial charge in [0.05, 0.1) is 0 Å². The predicted molar refractivity (Wildman–Crippen MR) is 117 cm³/mol. The highest BCUT2D eigenvalue weighted by molar-refractivity contribution is 9.10. The molecule has 29 heavy (non-hydrogen) atoms. The molecular weight excluding hydrogens is 432 g/mol. The zero-order chi connectivity index (χ0) is 20.6. The lowest BCUT2D eigenvalue weighted by Crippen LogP contribution is -2.10. The summed E-state index contributed by atoms with van der Waals surface area (Å²) in [6.07, 6.45) is 2.06. The maximum Gasteiger partial charge on any atom is 0.341 e. The molecule has 0 aromatic heterocycles. The van der Waals surface area contributed by atoms with Crippen molar-refractivity contribution in [1.29, 1.82) is 0 Å². The first-order valence-electron chi connectivity index (χ1n) is 9.12. The number of hydrogen-bond donors (Lipinski definition) is 1. The number of carboxylic acids is 1. The molecule has 0 heterocycles. The van der Waals surface area contributed by atoms with Gasteiger partial charge in [0.1, 0.15) is 18.1 Å². The molecule has 0 aliphatic rings. The summed E-state index contributed by atoms with van der Waals surface area (Å²) in [5.41, 5.74) is 4.14. The van der Waals surface area contributed by atoms with E-state index in [4.69, 9.17) is 14.6 Å². The van der Waals surface area contributed by atoms with Crippen LogP contribution in [0.3, 0.4) is 0 Å². The van der Waals surface area contributed by atoms with E-state index in [1.165, 1.54) is 0 Å². The van der Waals surface area contributed by atoms with E-state index in [0.717, 1.165) is 26.7 Å². The van der Waals surface area contributed by atoms with Gasteiger partial charge in [0, 0.05) is 4.47 Å². The van der Waals surface area contributed by atoms with Gasteiger partial charge in [0.2, 0.25) is 0 Å². The molecule has 148 valence electrons. The molecule has 0 saturated carbocycles. The first-order valence-corrected chi connectivity index (χ1v) is 9.92. The molecule has 5 heteroatoms. The molecular formula is C24H21BrO4. The molecule has 0 fully saturated rings. The second kappa shape index (κ2) is 9.94. The molecule has 0 spiro atoms. The Morgan fingerprint density at radius 1 is 0.966 bits per heavy atom. The summed E-state index contributed by atoms with van der Waals surface area (Å²) in [6, 6.07) is 23.7. The van der Waals surface area contributed by atoms with Crippen molar-refractivity contribution >= 4 is 27.5 Å². The van der Waals surface area contributed by atoms with Crippen molar-refractivity contribution in [1.82, 2.24) is 0 Å². The zero-order valence-corrected chi connectivity index (χ0v) is 17.6. The Balaban J connectivity index is 1.75. The molecule has 0 bridgehead atoms. The molecule has 0 radical (unpaired) electrons. The number of halogens is 1. The van der Waals surface area contributed by atoms with E-state index in [0.29, 0.717) is 18.1 Å². The maximum atomic E-state index is 10.6. The van der Waals surface area contributed by atoms with E-state index in [-0.39, 0.29) is 6.61 Å². The fourth-order valence-corrected chi connectivity index (χ4v) is 3.15. The summed E-state index contributed by atoms with van der Waals surface area (Å²) in [5.74, 6) is 0.232. The van der Waals surface area contributed by atoms with Crippen LogP contribution in [-0.4, -0.2) is 24.3 Å². The second-order valence-corrected chi connectivity index (χ2v) is 7.33. The first-order chi connectivity index (χ1) is 14.0. The van der Waals surface area contributed by atoms with Gasteiger partial charge >= 0.3 is 5.97 Å². The molecule has 0 unspecified atom stereocenters. The van der Waals surface area contributed by atoms with Gasteiger partial charge in [-0.05, 0) is 65.6 Å². The molecule has 3 aromatic rings. The van der Waals surface area contributed by atoms with Crippen LogP contribution in [0.1, 0.15) is 16.7 Å². The van der Waals surface area contributed by atoms with Crippen LogP contribution in [0.2, 0.25) is 0 Å². The summed E-state index contributed by atoms with van der Waals surface area (Å²) in [4.78, 5) is 10.6. The molecule has 1 N–H and O–H groups in total. The third-order valence-corrected chi connectivity index (χ3v) is 4.80. The maximum absolute atomic E-state index is 10.6. The molecule has 0 saturated heterocycles. The first kappa shape index (κ1) is 20.7. The number of rotatable bonds is 8. The quantitative estimate of drug-likeness (QED) is 0.473. The lowest BCUT2D eigenvalue weighted by molar-refractivity contribution is -0.139. The SMILES string of the molecule is Cc1cc(OC/C=C(\c2ccccc2)c2ccc(Br)cc2)ccc1OCC(=O)O. The van der Waals surface area contributed by atoms with Gasteiger partial charge < -0.3 is 14.6 Å². The predicted octanol–water partition coefficient (Wildman–Crippen LogP) is 5.73. The van der Waals surface area contributed by atoms with Crippen molar-refractivity contribution in [3.8, 4) is 11.5 Å². The molecule has 4 nitrogen and oxygen atoms in total. The lowest BCUT2D eigenvalue weighted by Gasteiger charge is -2.12. The fraction of sp³-hybridized carbons (Fsp3) is 0.125. The number of aryl methyl sites for hydroxylation is 1. The Bertz CT molecular complexity index is 995. The average molecular weight is 453 g/mol. The van der Waals surface area contributed by atoms with Crippen molar-refractivity contribution in [2.24, 2.45) is 0 Å². The number of carboxylic acid groups (broad SMARTS) is 1. The van der Waals surface area contributed by atoms with Gasteiger partial charge in [0.25, 0.3) is 0 Å². The van der Waals surface area contributed by atoms with Gasteiger partial charge in [-0.3, -0.25) is 0 Å². The fourth-order valence-electron chi connectivity index (χ4n) is 2.88. The largest absolute Gasteiger partial charge is 0.489 e. The van der Waals surface area contributed by atoms with Crippen molar-refractivity contribution in [3.63, 3.8) is 0 Å². The van der Waals surface area contributed by atoms with Crippen LogP contribution in [0.15, 0.2) is 83.3 Å². The van der Waals surface area contributed by atoms with Crippen molar-refractivity contribution < 1.29 is 19.4 Å².